The highest BCUT2D eigenvalue weighted by Crippen LogP contribution is 2.29. The van der Waals surface area contributed by atoms with Crippen molar-refractivity contribution < 1.29 is 4.92 Å². The van der Waals surface area contributed by atoms with E-state index in [1.807, 2.05) is 60.7 Å². The minimum Gasteiger partial charge on any atom is -0.262 e. The normalized spacial score (nSPS) is 17.1. The molecule has 26 heavy (non-hydrogen) atoms. The van der Waals surface area contributed by atoms with Gasteiger partial charge in [0.15, 0.2) is 0 Å². The van der Waals surface area contributed by atoms with Gasteiger partial charge in [-0.05, 0) is 24.3 Å². The van der Waals surface area contributed by atoms with Crippen LogP contribution in [0.5, 0.6) is 0 Å². The van der Waals surface area contributed by atoms with Crippen molar-refractivity contribution in [3.05, 3.63) is 81.9 Å². The molecule has 3 rings (SSSR count). The minimum absolute atomic E-state index is 0. The zero-order valence-electron chi connectivity index (χ0n) is 15.0. The number of nitrogens with zero attached hydrogens (tertiary/aromatic N) is 1. The second-order valence-corrected chi connectivity index (χ2v) is 7.03. The van der Waals surface area contributed by atoms with Gasteiger partial charge in [-0.15, -0.1) is 12.4 Å². The van der Waals surface area contributed by atoms with Gasteiger partial charge in [0.1, 0.15) is 0 Å². The average Bonchev–Trinajstić information content (AvgIpc) is 2.67. The molecule has 2 aromatic rings. The quantitative estimate of drug-likeness (QED) is 0.423. The Hall–Kier alpha value is -1.91. The van der Waals surface area contributed by atoms with Crippen LogP contribution in [-0.4, -0.2) is 11.5 Å². The zero-order chi connectivity index (χ0) is 17.5. The molecule has 0 radical (unpaired) electrons. The van der Waals surface area contributed by atoms with Crippen molar-refractivity contribution in [2.75, 3.05) is 6.54 Å². The molecule has 1 N–H and O–H groups in total. The summed E-state index contributed by atoms with van der Waals surface area (Å²) in [7, 11) is 0. The fraction of sp³-hybridized carbons (Fsp3) is 0.429. The van der Waals surface area contributed by atoms with E-state index in [4.69, 9.17) is 0 Å². The van der Waals surface area contributed by atoms with E-state index in [2.05, 4.69) is 5.32 Å². The van der Waals surface area contributed by atoms with E-state index in [0.29, 0.717) is 18.9 Å². The zero-order valence-corrected chi connectivity index (χ0v) is 15.8. The fourth-order valence-corrected chi connectivity index (χ4v) is 3.81. The molecule has 1 atom stereocenters. The Morgan fingerprint density at radius 2 is 1.54 bits per heavy atom. The van der Waals surface area contributed by atoms with Crippen LogP contribution in [0.4, 0.5) is 0 Å². The summed E-state index contributed by atoms with van der Waals surface area (Å²) in [6, 6.07) is 19.1. The topological polar surface area (TPSA) is 55.2 Å². The summed E-state index contributed by atoms with van der Waals surface area (Å²) in [5.41, 5.74) is 0.416. The predicted molar refractivity (Wildman–Crippen MR) is 107 cm³/mol. The summed E-state index contributed by atoms with van der Waals surface area (Å²) in [4.78, 5) is 12.1. The Kier molecular flexibility index (Phi) is 7.61. The molecular weight excluding hydrogens is 348 g/mol. The maximum Gasteiger partial charge on any atom is 0.304 e. The highest BCUT2D eigenvalue weighted by Gasteiger charge is 2.45. The number of nitro groups is 1. The highest BCUT2D eigenvalue weighted by molar-refractivity contribution is 5.85. The van der Waals surface area contributed by atoms with E-state index < -0.39 is 5.66 Å². The van der Waals surface area contributed by atoms with Crippen molar-refractivity contribution >= 4 is 12.4 Å². The number of hydrogen-bond acceptors (Lipinski definition) is 3. The summed E-state index contributed by atoms with van der Waals surface area (Å²) in [5.74, 6) is 0.535. The van der Waals surface area contributed by atoms with Crippen LogP contribution in [0.15, 0.2) is 60.7 Å². The van der Waals surface area contributed by atoms with Crippen LogP contribution in [0.3, 0.4) is 0 Å². The summed E-state index contributed by atoms with van der Waals surface area (Å²) in [5, 5.41) is 15.6. The van der Waals surface area contributed by atoms with Crippen LogP contribution in [0.2, 0.25) is 0 Å². The van der Waals surface area contributed by atoms with E-state index in [1.54, 1.807) is 0 Å². The lowest BCUT2D eigenvalue weighted by Crippen LogP contribution is -2.52. The SMILES string of the molecule is Cl.O=[N+]([O-])C(Cc1ccccc1)(NCC1CCCCC1)c1ccccc1. The predicted octanol–water partition coefficient (Wildman–Crippen LogP) is 4.95. The van der Waals surface area contributed by atoms with Crippen molar-refractivity contribution in [3.63, 3.8) is 0 Å². The molecule has 1 unspecified atom stereocenters. The largest absolute Gasteiger partial charge is 0.304 e. The lowest BCUT2D eigenvalue weighted by atomic mass is 9.87. The number of rotatable bonds is 7. The Bertz CT molecular complexity index is 675. The van der Waals surface area contributed by atoms with Crippen molar-refractivity contribution in [1.82, 2.24) is 5.32 Å². The molecule has 0 spiro atoms. The molecule has 0 aromatic heterocycles. The van der Waals surface area contributed by atoms with Gasteiger partial charge in [-0.3, -0.25) is 10.1 Å². The second-order valence-electron chi connectivity index (χ2n) is 7.03. The Morgan fingerprint density at radius 1 is 0.962 bits per heavy atom. The fourth-order valence-electron chi connectivity index (χ4n) is 3.81. The monoisotopic (exact) mass is 374 g/mol. The van der Waals surface area contributed by atoms with E-state index in [-0.39, 0.29) is 17.3 Å². The van der Waals surface area contributed by atoms with Gasteiger partial charge in [0.25, 0.3) is 0 Å². The molecule has 2 aromatic carbocycles. The molecule has 4 nitrogen and oxygen atoms in total. The van der Waals surface area contributed by atoms with Crippen molar-refractivity contribution in [2.24, 2.45) is 5.92 Å². The maximum absolute atomic E-state index is 12.2. The molecule has 1 aliphatic rings. The molecule has 0 heterocycles. The standard InChI is InChI=1S/C21H26N2O2.ClH/c24-23(25)21(20-14-8-3-9-15-20,16-18-10-4-1-5-11-18)22-17-19-12-6-2-7-13-19;/h1,3-5,8-11,14-15,19,22H,2,6-7,12-13,16-17H2;1H. The summed E-state index contributed by atoms with van der Waals surface area (Å²) >= 11 is 0. The minimum atomic E-state index is -1.28. The van der Waals surface area contributed by atoms with Crippen molar-refractivity contribution in [1.29, 1.82) is 0 Å². The van der Waals surface area contributed by atoms with Gasteiger partial charge >= 0.3 is 5.66 Å². The van der Waals surface area contributed by atoms with Crippen LogP contribution in [0, 0.1) is 16.0 Å². The smallest absolute Gasteiger partial charge is 0.262 e. The second kappa shape index (κ2) is 9.70. The molecule has 0 amide bonds. The summed E-state index contributed by atoms with van der Waals surface area (Å²) in [6.07, 6.45) is 6.45. The molecule has 5 heteroatoms. The number of halogens is 1. The third-order valence-corrected chi connectivity index (χ3v) is 5.27. The van der Waals surface area contributed by atoms with Gasteiger partial charge in [-0.25, -0.2) is 5.32 Å². The van der Waals surface area contributed by atoms with Crippen LogP contribution >= 0.6 is 12.4 Å². The van der Waals surface area contributed by atoms with Crippen LogP contribution in [-0.2, 0) is 12.1 Å². The lowest BCUT2D eigenvalue weighted by molar-refractivity contribution is -0.588. The van der Waals surface area contributed by atoms with Gasteiger partial charge in [-0.1, -0.05) is 79.9 Å². The van der Waals surface area contributed by atoms with Gasteiger partial charge < -0.3 is 0 Å². The molecule has 0 aliphatic heterocycles. The first kappa shape index (κ1) is 20.4. The first-order chi connectivity index (χ1) is 12.2. The maximum atomic E-state index is 12.2. The Balaban J connectivity index is 0.00000243. The van der Waals surface area contributed by atoms with E-state index in [9.17, 15) is 10.1 Å². The van der Waals surface area contributed by atoms with E-state index >= 15 is 0 Å². The van der Waals surface area contributed by atoms with Gasteiger partial charge in [-0.2, -0.15) is 0 Å². The first-order valence-corrected chi connectivity index (χ1v) is 9.20. The van der Waals surface area contributed by atoms with Gasteiger partial charge in [0.05, 0.1) is 6.42 Å². The van der Waals surface area contributed by atoms with Crippen LogP contribution in [0.25, 0.3) is 0 Å². The van der Waals surface area contributed by atoms with Gasteiger partial charge in [0, 0.05) is 17.0 Å². The van der Waals surface area contributed by atoms with Gasteiger partial charge in [0.2, 0.25) is 0 Å². The third-order valence-electron chi connectivity index (χ3n) is 5.27. The molecule has 1 fully saturated rings. The highest BCUT2D eigenvalue weighted by atomic mass is 35.5. The average molecular weight is 375 g/mol. The number of hydrogen-bond donors (Lipinski definition) is 1. The number of benzene rings is 2. The molecule has 1 saturated carbocycles. The van der Waals surface area contributed by atoms with Crippen LogP contribution in [0.1, 0.15) is 43.2 Å². The van der Waals surface area contributed by atoms with Crippen LogP contribution < -0.4 is 5.32 Å². The molecule has 0 bridgehead atoms. The Morgan fingerprint density at radius 3 is 2.12 bits per heavy atom. The lowest BCUT2D eigenvalue weighted by Gasteiger charge is -2.30. The third kappa shape index (κ3) is 4.83. The number of nitrogens with one attached hydrogen (secondary N) is 1. The molecule has 140 valence electrons. The van der Waals surface area contributed by atoms with Crippen molar-refractivity contribution in [3.8, 4) is 0 Å². The molecule has 1 aliphatic carbocycles. The summed E-state index contributed by atoms with van der Waals surface area (Å²) in [6.45, 7) is 0.697. The Labute approximate surface area is 161 Å². The first-order valence-electron chi connectivity index (χ1n) is 9.20. The van der Waals surface area contributed by atoms with E-state index in [1.165, 1.54) is 32.1 Å². The van der Waals surface area contributed by atoms with Crippen molar-refractivity contribution in [2.45, 2.75) is 44.2 Å². The molecule has 0 saturated heterocycles. The summed E-state index contributed by atoms with van der Waals surface area (Å²) < 4.78 is 0. The van der Waals surface area contributed by atoms with E-state index in [0.717, 1.165) is 11.1 Å². The molecular formula is C21H27ClN2O2.